The first-order valence-corrected chi connectivity index (χ1v) is 7.91. The number of aromatic nitrogens is 2. The summed E-state index contributed by atoms with van der Waals surface area (Å²) in [5.74, 6) is -0.193. The number of rotatable bonds is 2. The van der Waals surface area contributed by atoms with Crippen molar-refractivity contribution in [3.05, 3.63) is 32.3 Å². The van der Waals surface area contributed by atoms with E-state index < -0.39 is 22.8 Å². The third-order valence-electron chi connectivity index (χ3n) is 4.82. The molecule has 2 saturated heterocycles. The smallest absolute Gasteiger partial charge is 0.266 e. The lowest BCUT2D eigenvalue weighted by molar-refractivity contribution is -0.179. The van der Waals surface area contributed by atoms with Crippen molar-refractivity contribution in [2.24, 2.45) is 0 Å². The Hall–Kier alpha value is -1.93. The molecule has 2 fully saturated rings. The number of aliphatic hydroxyl groups is 1. The molecular formula is C15H21N3O5. The quantitative estimate of drug-likeness (QED) is 0.655. The fraction of sp³-hybridized carbons (Fsp3) is 0.667. The molecule has 1 atom stereocenters. The van der Waals surface area contributed by atoms with E-state index in [1.807, 2.05) is 0 Å². The summed E-state index contributed by atoms with van der Waals surface area (Å²) in [7, 11) is 0. The van der Waals surface area contributed by atoms with E-state index in [1.54, 1.807) is 4.90 Å². The Labute approximate surface area is 132 Å². The number of carbonyl (C=O) groups excluding carboxylic acids is 1. The van der Waals surface area contributed by atoms with Gasteiger partial charge >= 0.3 is 0 Å². The molecule has 3 heterocycles. The van der Waals surface area contributed by atoms with Gasteiger partial charge in [-0.05, 0) is 25.7 Å². The van der Waals surface area contributed by atoms with E-state index in [0.717, 1.165) is 18.9 Å². The number of carbonyl (C=O) groups is 1. The highest BCUT2D eigenvalue weighted by molar-refractivity contribution is 5.78. The van der Waals surface area contributed by atoms with Crippen LogP contribution < -0.4 is 11.1 Å². The fourth-order valence-corrected chi connectivity index (χ4v) is 3.39. The number of H-pyrrole nitrogens is 2. The zero-order chi connectivity index (χ0) is 16.4. The highest BCUT2D eigenvalue weighted by Crippen LogP contribution is 2.35. The number of aromatic amines is 2. The van der Waals surface area contributed by atoms with Gasteiger partial charge in [0.2, 0.25) is 5.91 Å². The van der Waals surface area contributed by atoms with Gasteiger partial charge in [-0.2, -0.15) is 0 Å². The van der Waals surface area contributed by atoms with Crippen LogP contribution in [-0.2, 0) is 16.0 Å². The molecule has 8 nitrogen and oxygen atoms in total. The molecule has 2 aliphatic heterocycles. The number of ether oxygens (including phenoxy) is 1. The lowest BCUT2D eigenvalue weighted by atomic mass is 9.82. The summed E-state index contributed by atoms with van der Waals surface area (Å²) in [5, 5.41) is 14.6. The van der Waals surface area contributed by atoms with Gasteiger partial charge in [-0.3, -0.25) is 24.6 Å². The van der Waals surface area contributed by atoms with E-state index in [4.69, 9.17) is 4.74 Å². The first kappa shape index (κ1) is 15.9. The van der Waals surface area contributed by atoms with E-state index in [0.29, 0.717) is 32.5 Å². The summed E-state index contributed by atoms with van der Waals surface area (Å²) in [6.07, 6.45) is 2.18. The van der Waals surface area contributed by atoms with Gasteiger partial charge in [0.15, 0.2) is 0 Å². The molecule has 1 aromatic rings. The normalized spacial score (nSPS) is 23.9. The molecule has 0 bridgehead atoms. The molecule has 8 heteroatoms. The third-order valence-corrected chi connectivity index (χ3v) is 4.82. The minimum absolute atomic E-state index is 0.102. The van der Waals surface area contributed by atoms with Crippen molar-refractivity contribution in [2.75, 3.05) is 19.7 Å². The minimum Gasteiger partial charge on any atom is -0.390 e. The van der Waals surface area contributed by atoms with Crippen LogP contribution in [0.3, 0.4) is 0 Å². The fourth-order valence-electron chi connectivity index (χ4n) is 3.39. The van der Waals surface area contributed by atoms with Gasteiger partial charge in [-0.25, -0.2) is 0 Å². The van der Waals surface area contributed by atoms with Crippen LogP contribution in [-0.4, -0.2) is 57.5 Å². The Bertz CT molecular complexity index is 687. The number of hydrogen-bond donors (Lipinski definition) is 3. The van der Waals surface area contributed by atoms with Crippen LogP contribution in [0.2, 0.25) is 0 Å². The average molecular weight is 323 g/mol. The van der Waals surface area contributed by atoms with Crippen molar-refractivity contribution in [1.82, 2.24) is 15.1 Å². The zero-order valence-corrected chi connectivity index (χ0v) is 12.8. The van der Waals surface area contributed by atoms with Gasteiger partial charge in [0, 0.05) is 31.3 Å². The van der Waals surface area contributed by atoms with E-state index in [2.05, 4.69) is 10.2 Å². The minimum atomic E-state index is -0.531. The lowest BCUT2D eigenvalue weighted by Gasteiger charge is -2.46. The standard InChI is InChI=1S/C15H21N3O5/c19-11-2-1-7-23-15(11)3-5-18(6-4-15)13(21)9-10-8-12(20)16-17-14(10)22/h8,11,19H,1-7,9H2,(H,16,20)(H,17,22)/t11-/m0/s1. The molecule has 3 N–H and O–H groups in total. The van der Waals surface area contributed by atoms with Gasteiger partial charge in [0.1, 0.15) is 0 Å². The molecule has 0 unspecified atom stereocenters. The van der Waals surface area contributed by atoms with Gasteiger partial charge in [-0.1, -0.05) is 0 Å². The van der Waals surface area contributed by atoms with Crippen LogP contribution in [0.25, 0.3) is 0 Å². The van der Waals surface area contributed by atoms with Crippen LogP contribution in [0.15, 0.2) is 15.7 Å². The topological polar surface area (TPSA) is 115 Å². The second-order valence-corrected chi connectivity index (χ2v) is 6.24. The third kappa shape index (κ3) is 3.23. The number of amides is 1. The lowest BCUT2D eigenvalue weighted by Crippen LogP contribution is -2.56. The number of piperidine rings is 1. The van der Waals surface area contributed by atoms with E-state index >= 15 is 0 Å². The molecule has 3 rings (SSSR count). The van der Waals surface area contributed by atoms with Gasteiger partial charge < -0.3 is 14.7 Å². The molecule has 126 valence electrons. The molecule has 1 amide bonds. The number of aliphatic hydroxyl groups excluding tert-OH is 1. The molecular weight excluding hydrogens is 302 g/mol. The van der Waals surface area contributed by atoms with Crippen molar-refractivity contribution in [3.63, 3.8) is 0 Å². The number of nitrogens with zero attached hydrogens (tertiary/aromatic N) is 1. The Morgan fingerprint density at radius 1 is 1.35 bits per heavy atom. The number of likely N-dealkylation sites (tertiary alicyclic amines) is 1. The Balaban J connectivity index is 1.63. The average Bonchev–Trinajstić information content (AvgIpc) is 2.54. The molecule has 0 radical (unpaired) electrons. The molecule has 1 aromatic heterocycles. The predicted molar refractivity (Wildman–Crippen MR) is 81.1 cm³/mol. The van der Waals surface area contributed by atoms with Crippen molar-refractivity contribution in [1.29, 1.82) is 0 Å². The molecule has 0 aliphatic carbocycles. The summed E-state index contributed by atoms with van der Waals surface area (Å²) in [6.45, 7) is 1.61. The largest absolute Gasteiger partial charge is 0.390 e. The van der Waals surface area contributed by atoms with Gasteiger partial charge in [-0.15, -0.1) is 0 Å². The Kier molecular flexibility index (Phi) is 4.36. The summed E-state index contributed by atoms with van der Waals surface area (Å²) in [4.78, 5) is 36.9. The van der Waals surface area contributed by atoms with E-state index in [9.17, 15) is 19.5 Å². The first-order valence-electron chi connectivity index (χ1n) is 7.91. The summed E-state index contributed by atoms with van der Waals surface area (Å²) in [5.41, 5.74) is -1.27. The van der Waals surface area contributed by atoms with Crippen molar-refractivity contribution in [2.45, 2.75) is 43.8 Å². The first-order chi connectivity index (χ1) is 11.0. The summed E-state index contributed by atoms with van der Waals surface area (Å²) >= 11 is 0. The van der Waals surface area contributed by atoms with E-state index in [1.165, 1.54) is 0 Å². The highest BCUT2D eigenvalue weighted by Gasteiger charge is 2.44. The highest BCUT2D eigenvalue weighted by atomic mass is 16.5. The predicted octanol–water partition coefficient (Wildman–Crippen LogP) is -0.862. The van der Waals surface area contributed by atoms with Gasteiger partial charge in [0.25, 0.3) is 11.1 Å². The van der Waals surface area contributed by atoms with Crippen LogP contribution >= 0.6 is 0 Å². The Morgan fingerprint density at radius 2 is 2.09 bits per heavy atom. The second-order valence-electron chi connectivity index (χ2n) is 6.24. The van der Waals surface area contributed by atoms with Crippen LogP contribution in [0.5, 0.6) is 0 Å². The molecule has 1 spiro atoms. The maximum atomic E-state index is 12.3. The second kappa shape index (κ2) is 6.29. The monoisotopic (exact) mass is 323 g/mol. The van der Waals surface area contributed by atoms with Crippen molar-refractivity contribution in [3.8, 4) is 0 Å². The molecule has 0 aromatic carbocycles. The SMILES string of the molecule is O=C(Cc1cc(=O)[nH][nH]c1=O)N1CCC2(CC1)OCCC[C@@H]2O. The zero-order valence-electron chi connectivity index (χ0n) is 12.8. The molecule has 0 saturated carbocycles. The maximum absolute atomic E-state index is 12.3. The van der Waals surface area contributed by atoms with Crippen LogP contribution in [0.1, 0.15) is 31.2 Å². The molecule has 2 aliphatic rings. The molecule has 23 heavy (non-hydrogen) atoms. The number of nitrogens with one attached hydrogen (secondary N) is 2. The number of hydrogen-bond acceptors (Lipinski definition) is 5. The Morgan fingerprint density at radius 3 is 2.78 bits per heavy atom. The maximum Gasteiger partial charge on any atom is 0.266 e. The summed E-state index contributed by atoms with van der Waals surface area (Å²) < 4.78 is 5.81. The van der Waals surface area contributed by atoms with Crippen LogP contribution in [0.4, 0.5) is 0 Å². The van der Waals surface area contributed by atoms with Gasteiger partial charge in [0.05, 0.1) is 18.1 Å². The van der Waals surface area contributed by atoms with Crippen LogP contribution in [0, 0.1) is 0 Å². The summed E-state index contributed by atoms with van der Waals surface area (Å²) in [6, 6.07) is 1.15. The van der Waals surface area contributed by atoms with E-state index in [-0.39, 0.29) is 17.9 Å². The van der Waals surface area contributed by atoms with Crippen molar-refractivity contribution < 1.29 is 14.6 Å². The van der Waals surface area contributed by atoms with Crippen molar-refractivity contribution >= 4 is 5.91 Å².